The van der Waals surface area contributed by atoms with Crippen LogP contribution in [0.1, 0.15) is 23.7 Å². The van der Waals surface area contributed by atoms with Gasteiger partial charge in [-0.2, -0.15) is 5.10 Å². The molecule has 1 heterocycles. The van der Waals surface area contributed by atoms with E-state index < -0.39 is 0 Å². The van der Waals surface area contributed by atoms with Crippen molar-refractivity contribution in [1.82, 2.24) is 9.78 Å². The lowest BCUT2D eigenvalue weighted by atomic mass is 10.3. The van der Waals surface area contributed by atoms with Gasteiger partial charge in [-0.1, -0.05) is 6.92 Å². The fourth-order valence-corrected chi connectivity index (χ4v) is 1.09. The number of hydrogen-bond acceptors (Lipinski definition) is 2. The molecule has 0 bridgehead atoms. The summed E-state index contributed by atoms with van der Waals surface area (Å²) in [7, 11) is 0. The van der Waals surface area contributed by atoms with E-state index in [1.54, 1.807) is 17.1 Å². The van der Waals surface area contributed by atoms with E-state index in [1.807, 2.05) is 0 Å². The lowest BCUT2D eigenvalue weighted by molar-refractivity contribution is 0.102. The molecule has 0 saturated heterocycles. The summed E-state index contributed by atoms with van der Waals surface area (Å²) in [6, 6.07) is 0. The van der Waals surface area contributed by atoms with Crippen LogP contribution in [0.2, 0.25) is 0 Å². The molecule has 0 spiro atoms. The predicted molar refractivity (Wildman–Crippen MR) is 47.6 cm³/mol. The van der Waals surface area contributed by atoms with Gasteiger partial charge in [-0.05, 0) is 6.42 Å². The van der Waals surface area contributed by atoms with Gasteiger partial charge in [0.15, 0.2) is 5.78 Å². The molecule has 0 aromatic carbocycles. The summed E-state index contributed by atoms with van der Waals surface area (Å²) in [4.78, 5) is 11.0. The van der Waals surface area contributed by atoms with E-state index in [9.17, 15) is 4.79 Å². The van der Waals surface area contributed by atoms with Crippen molar-refractivity contribution in [2.24, 2.45) is 0 Å². The zero-order valence-corrected chi connectivity index (χ0v) is 7.71. The van der Waals surface area contributed by atoms with Crippen LogP contribution < -0.4 is 0 Å². The Hall–Kier alpha value is -0.830. The Morgan fingerprint density at radius 3 is 3.08 bits per heavy atom. The molecule has 0 saturated carbocycles. The summed E-state index contributed by atoms with van der Waals surface area (Å²) in [5.41, 5.74) is 0.596. The van der Waals surface area contributed by atoms with E-state index in [1.165, 1.54) is 0 Å². The summed E-state index contributed by atoms with van der Waals surface area (Å²) in [5, 5.41) is 4.01. The number of rotatable bonds is 4. The summed E-state index contributed by atoms with van der Waals surface area (Å²) in [6.07, 6.45) is 4.30. The van der Waals surface area contributed by atoms with Crippen LogP contribution in [0.15, 0.2) is 12.4 Å². The van der Waals surface area contributed by atoms with Crippen molar-refractivity contribution in [2.45, 2.75) is 19.9 Å². The Bertz CT molecular complexity index is 270. The highest BCUT2D eigenvalue weighted by atomic mass is 35.5. The monoisotopic (exact) mass is 186 g/mol. The van der Waals surface area contributed by atoms with Crippen molar-refractivity contribution in [2.75, 3.05) is 5.88 Å². The van der Waals surface area contributed by atoms with Crippen molar-refractivity contribution >= 4 is 17.4 Å². The van der Waals surface area contributed by atoms with Gasteiger partial charge in [0, 0.05) is 12.7 Å². The number of hydrogen-bond donors (Lipinski definition) is 0. The summed E-state index contributed by atoms with van der Waals surface area (Å²) in [5.74, 6) is -0.0447. The molecule has 0 fully saturated rings. The zero-order valence-electron chi connectivity index (χ0n) is 6.96. The summed E-state index contributed by atoms with van der Waals surface area (Å²) < 4.78 is 1.75. The molecule has 4 heteroatoms. The van der Waals surface area contributed by atoms with Crippen LogP contribution in [-0.2, 0) is 6.54 Å². The van der Waals surface area contributed by atoms with Gasteiger partial charge in [-0.3, -0.25) is 9.48 Å². The molecule has 0 unspecified atom stereocenters. The van der Waals surface area contributed by atoms with Gasteiger partial charge in [0.1, 0.15) is 0 Å². The second-order valence-electron chi connectivity index (χ2n) is 2.55. The van der Waals surface area contributed by atoms with Crippen LogP contribution >= 0.6 is 11.6 Å². The maximum atomic E-state index is 11.0. The second kappa shape index (κ2) is 4.26. The number of carbonyl (C=O) groups excluding carboxylic acids is 1. The zero-order chi connectivity index (χ0) is 8.97. The molecule has 12 heavy (non-hydrogen) atoms. The molecular weight excluding hydrogens is 176 g/mol. The normalized spacial score (nSPS) is 10.2. The molecule has 0 radical (unpaired) electrons. The Kier molecular flexibility index (Phi) is 3.29. The Labute approximate surface area is 76.3 Å². The molecule has 0 aliphatic heterocycles. The molecule has 1 aromatic heterocycles. The minimum Gasteiger partial charge on any atom is -0.293 e. The first kappa shape index (κ1) is 9.26. The van der Waals surface area contributed by atoms with Gasteiger partial charge < -0.3 is 0 Å². The minimum atomic E-state index is -0.0704. The van der Waals surface area contributed by atoms with Crippen LogP contribution in [0.5, 0.6) is 0 Å². The number of carbonyl (C=O) groups is 1. The number of aromatic nitrogens is 2. The van der Waals surface area contributed by atoms with Gasteiger partial charge in [0.2, 0.25) is 0 Å². The van der Waals surface area contributed by atoms with Gasteiger partial charge in [0.25, 0.3) is 0 Å². The fourth-order valence-electron chi connectivity index (χ4n) is 0.936. The molecule has 0 N–H and O–H groups in total. The first-order valence-electron chi connectivity index (χ1n) is 3.89. The maximum Gasteiger partial charge on any atom is 0.180 e. The van der Waals surface area contributed by atoms with Gasteiger partial charge in [-0.15, -0.1) is 11.6 Å². The van der Waals surface area contributed by atoms with Gasteiger partial charge in [0.05, 0.1) is 17.6 Å². The predicted octanol–water partition coefficient (Wildman–Crippen LogP) is 1.71. The third kappa shape index (κ3) is 2.08. The minimum absolute atomic E-state index is 0.0256. The van der Waals surface area contributed by atoms with Crippen molar-refractivity contribution in [3.63, 3.8) is 0 Å². The van der Waals surface area contributed by atoms with E-state index in [-0.39, 0.29) is 11.7 Å². The Morgan fingerprint density at radius 2 is 2.50 bits per heavy atom. The average molecular weight is 187 g/mol. The lowest BCUT2D eigenvalue weighted by Gasteiger charge is -1.94. The van der Waals surface area contributed by atoms with E-state index in [0.717, 1.165) is 13.0 Å². The maximum absolute atomic E-state index is 11.0. The fraction of sp³-hybridized carbons (Fsp3) is 0.500. The van der Waals surface area contributed by atoms with E-state index in [4.69, 9.17) is 11.6 Å². The van der Waals surface area contributed by atoms with Crippen LogP contribution in [-0.4, -0.2) is 21.4 Å². The lowest BCUT2D eigenvalue weighted by Crippen LogP contribution is -1.99. The van der Waals surface area contributed by atoms with E-state index >= 15 is 0 Å². The highest BCUT2D eigenvalue weighted by Crippen LogP contribution is 2.01. The summed E-state index contributed by atoms with van der Waals surface area (Å²) in [6.45, 7) is 2.90. The quantitative estimate of drug-likeness (QED) is 0.530. The number of aryl methyl sites for hydroxylation is 1. The van der Waals surface area contributed by atoms with E-state index in [0.29, 0.717) is 5.56 Å². The molecule has 0 amide bonds. The second-order valence-corrected chi connectivity index (χ2v) is 2.82. The van der Waals surface area contributed by atoms with Crippen molar-refractivity contribution in [3.05, 3.63) is 18.0 Å². The largest absolute Gasteiger partial charge is 0.293 e. The Balaban J connectivity index is 2.70. The average Bonchev–Trinajstić information content (AvgIpc) is 2.52. The topological polar surface area (TPSA) is 34.9 Å². The van der Waals surface area contributed by atoms with Crippen LogP contribution in [0.3, 0.4) is 0 Å². The molecule has 1 rings (SSSR count). The first-order valence-corrected chi connectivity index (χ1v) is 4.43. The van der Waals surface area contributed by atoms with Crippen molar-refractivity contribution < 1.29 is 4.79 Å². The molecule has 0 aliphatic carbocycles. The third-order valence-electron chi connectivity index (χ3n) is 1.53. The van der Waals surface area contributed by atoms with Gasteiger partial charge in [-0.25, -0.2) is 0 Å². The number of Topliss-reactive ketones (excluding diaryl/α,β-unsaturated/α-hetero) is 1. The summed E-state index contributed by atoms with van der Waals surface area (Å²) >= 11 is 5.39. The highest BCUT2D eigenvalue weighted by molar-refractivity contribution is 6.30. The van der Waals surface area contributed by atoms with Gasteiger partial charge >= 0.3 is 0 Å². The van der Waals surface area contributed by atoms with E-state index in [2.05, 4.69) is 12.0 Å². The number of nitrogens with zero attached hydrogens (tertiary/aromatic N) is 2. The van der Waals surface area contributed by atoms with Crippen molar-refractivity contribution in [1.29, 1.82) is 0 Å². The Morgan fingerprint density at radius 1 is 1.75 bits per heavy atom. The third-order valence-corrected chi connectivity index (χ3v) is 1.77. The highest BCUT2D eigenvalue weighted by Gasteiger charge is 2.05. The van der Waals surface area contributed by atoms with Crippen LogP contribution in [0.25, 0.3) is 0 Å². The molecule has 0 atom stereocenters. The molecule has 0 aliphatic rings. The first-order chi connectivity index (χ1) is 5.77. The molecular formula is C8H11ClN2O. The molecule has 66 valence electrons. The van der Waals surface area contributed by atoms with Crippen LogP contribution in [0.4, 0.5) is 0 Å². The van der Waals surface area contributed by atoms with Crippen molar-refractivity contribution in [3.8, 4) is 0 Å². The number of alkyl halides is 1. The number of ketones is 1. The standard InChI is InChI=1S/C8H11ClN2O/c1-2-3-11-6-7(5-10-11)8(12)4-9/h5-6H,2-4H2,1H3. The number of halogens is 1. The SMILES string of the molecule is CCCn1cc(C(=O)CCl)cn1. The smallest absolute Gasteiger partial charge is 0.180 e. The molecule has 1 aromatic rings. The molecule has 3 nitrogen and oxygen atoms in total. The van der Waals surface area contributed by atoms with Crippen LogP contribution in [0, 0.1) is 0 Å².